The number of aryl methyl sites for hydroxylation is 1. The highest BCUT2D eigenvalue weighted by atomic mass is 79.9. The van der Waals surface area contributed by atoms with Crippen molar-refractivity contribution < 1.29 is 17.9 Å². The standard InChI is InChI=1S/C18H20BrN3O5S/c1-13-2-4-15(28(25,26)22-6-8-27-9-7-22)10-16(13)20-17(23)12-21-11-14(19)3-5-18(21)24/h2-5,10-11H,6-9,12H2,1H3,(H,20,23). The van der Waals surface area contributed by atoms with Crippen LogP contribution in [-0.2, 0) is 26.1 Å². The van der Waals surface area contributed by atoms with Crippen LogP contribution in [0.4, 0.5) is 5.69 Å². The highest BCUT2D eigenvalue weighted by Crippen LogP contribution is 2.23. The molecule has 1 saturated heterocycles. The largest absolute Gasteiger partial charge is 0.379 e. The van der Waals surface area contributed by atoms with Gasteiger partial charge in [0.1, 0.15) is 6.54 Å². The number of hydrogen-bond acceptors (Lipinski definition) is 5. The maximum Gasteiger partial charge on any atom is 0.251 e. The molecule has 0 aliphatic carbocycles. The van der Waals surface area contributed by atoms with Crippen molar-refractivity contribution in [2.24, 2.45) is 0 Å². The molecule has 1 N–H and O–H groups in total. The number of morpholine rings is 1. The first kappa shape index (κ1) is 20.7. The van der Waals surface area contributed by atoms with Gasteiger partial charge in [0, 0.05) is 35.5 Å². The minimum atomic E-state index is -3.67. The lowest BCUT2D eigenvalue weighted by molar-refractivity contribution is -0.116. The second kappa shape index (κ2) is 8.56. The molecule has 2 heterocycles. The van der Waals surface area contributed by atoms with Gasteiger partial charge in [-0.2, -0.15) is 4.31 Å². The number of hydrogen-bond donors (Lipinski definition) is 1. The monoisotopic (exact) mass is 469 g/mol. The fourth-order valence-electron chi connectivity index (χ4n) is 2.80. The van der Waals surface area contributed by atoms with Crippen molar-refractivity contribution in [1.29, 1.82) is 0 Å². The molecular formula is C18H20BrN3O5S. The molecule has 0 radical (unpaired) electrons. The Morgan fingerprint density at radius 3 is 2.64 bits per heavy atom. The van der Waals surface area contributed by atoms with E-state index >= 15 is 0 Å². The first-order valence-corrected chi connectivity index (χ1v) is 10.8. The number of amides is 1. The number of carbonyl (C=O) groups excluding carboxylic acids is 1. The fraction of sp³-hybridized carbons (Fsp3) is 0.333. The SMILES string of the molecule is Cc1ccc(S(=O)(=O)N2CCOCC2)cc1NC(=O)Cn1cc(Br)ccc1=O. The van der Waals surface area contributed by atoms with Crippen molar-refractivity contribution in [1.82, 2.24) is 8.87 Å². The minimum absolute atomic E-state index is 0.106. The van der Waals surface area contributed by atoms with Crippen LogP contribution in [0.1, 0.15) is 5.56 Å². The zero-order valence-electron chi connectivity index (χ0n) is 15.2. The van der Waals surface area contributed by atoms with E-state index in [0.29, 0.717) is 36.5 Å². The number of sulfonamides is 1. The van der Waals surface area contributed by atoms with Gasteiger partial charge in [-0.1, -0.05) is 6.07 Å². The Morgan fingerprint density at radius 2 is 1.93 bits per heavy atom. The average molecular weight is 470 g/mol. The number of anilines is 1. The first-order chi connectivity index (χ1) is 13.3. The summed E-state index contributed by atoms with van der Waals surface area (Å²) in [5, 5.41) is 2.70. The Labute approximate surface area is 171 Å². The van der Waals surface area contributed by atoms with Gasteiger partial charge < -0.3 is 14.6 Å². The van der Waals surface area contributed by atoms with E-state index in [1.165, 1.54) is 33.3 Å². The highest BCUT2D eigenvalue weighted by Gasteiger charge is 2.26. The molecule has 1 aromatic carbocycles. The van der Waals surface area contributed by atoms with Crippen LogP contribution in [0.3, 0.4) is 0 Å². The molecule has 2 aromatic rings. The number of ether oxygens (including phenoxy) is 1. The molecule has 28 heavy (non-hydrogen) atoms. The molecule has 1 fully saturated rings. The van der Waals surface area contributed by atoms with Gasteiger partial charge in [0.2, 0.25) is 15.9 Å². The molecule has 10 heteroatoms. The van der Waals surface area contributed by atoms with Gasteiger partial charge in [-0.05, 0) is 46.6 Å². The van der Waals surface area contributed by atoms with Crippen LogP contribution in [0, 0.1) is 6.92 Å². The van der Waals surface area contributed by atoms with E-state index in [2.05, 4.69) is 21.2 Å². The van der Waals surface area contributed by atoms with Crippen LogP contribution in [0.2, 0.25) is 0 Å². The molecule has 1 amide bonds. The average Bonchev–Trinajstić information content (AvgIpc) is 2.67. The number of rotatable bonds is 5. The third-order valence-electron chi connectivity index (χ3n) is 4.35. The molecule has 1 aliphatic rings. The summed E-state index contributed by atoms with van der Waals surface area (Å²) >= 11 is 3.26. The van der Waals surface area contributed by atoms with E-state index in [0.717, 1.165) is 5.56 Å². The number of nitrogens with zero attached hydrogens (tertiary/aromatic N) is 2. The van der Waals surface area contributed by atoms with Crippen molar-refractivity contribution in [3.63, 3.8) is 0 Å². The van der Waals surface area contributed by atoms with Gasteiger partial charge in [0.05, 0.1) is 18.1 Å². The zero-order chi connectivity index (χ0) is 20.3. The predicted octanol–water partition coefficient (Wildman–Crippen LogP) is 1.58. The van der Waals surface area contributed by atoms with Crippen LogP contribution in [0.15, 0.2) is 50.7 Å². The Morgan fingerprint density at radius 1 is 1.21 bits per heavy atom. The number of benzene rings is 1. The van der Waals surface area contributed by atoms with Crippen molar-refractivity contribution in [3.8, 4) is 0 Å². The van der Waals surface area contributed by atoms with E-state index in [4.69, 9.17) is 4.74 Å². The van der Waals surface area contributed by atoms with Gasteiger partial charge in [-0.15, -0.1) is 0 Å². The van der Waals surface area contributed by atoms with Gasteiger partial charge in [-0.25, -0.2) is 8.42 Å². The Bertz CT molecular complexity index is 1050. The lowest BCUT2D eigenvalue weighted by Crippen LogP contribution is -2.40. The molecule has 0 unspecified atom stereocenters. The van der Waals surface area contributed by atoms with Gasteiger partial charge in [0.15, 0.2) is 0 Å². The smallest absolute Gasteiger partial charge is 0.251 e. The van der Waals surface area contributed by atoms with Gasteiger partial charge in [-0.3, -0.25) is 9.59 Å². The van der Waals surface area contributed by atoms with Crippen LogP contribution in [0.5, 0.6) is 0 Å². The van der Waals surface area contributed by atoms with E-state index in [9.17, 15) is 18.0 Å². The summed E-state index contributed by atoms with van der Waals surface area (Å²) in [6, 6.07) is 7.57. The second-order valence-electron chi connectivity index (χ2n) is 6.35. The molecular weight excluding hydrogens is 450 g/mol. The van der Waals surface area contributed by atoms with Crippen LogP contribution < -0.4 is 10.9 Å². The molecule has 3 rings (SSSR count). The number of pyridine rings is 1. The summed E-state index contributed by atoms with van der Waals surface area (Å²) in [6.45, 7) is 2.89. The lowest BCUT2D eigenvalue weighted by Gasteiger charge is -2.26. The summed E-state index contributed by atoms with van der Waals surface area (Å²) in [5.41, 5.74) is 0.803. The van der Waals surface area contributed by atoms with Crippen molar-refractivity contribution >= 4 is 37.5 Å². The second-order valence-corrected chi connectivity index (χ2v) is 9.21. The summed E-state index contributed by atoms with van der Waals surface area (Å²) < 4.78 is 34.2. The zero-order valence-corrected chi connectivity index (χ0v) is 17.6. The normalized spacial score (nSPS) is 15.4. The van der Waals surface area contributed by atoms with Gasteiger partial charge >= 0.3 is 0 Å². The number of halogens is 1. The molecule has 0 atom stereocenters. The molecule has 0 saturated carbocycles. The molecule has 0 spiro atoms. The topological polar surface area (TPSA) is 97.7 Å². The quantitative estimate of drug-likeness (QED) is 0.716. The Hall–Kier alpha value is -2.01. The summed E-state index contributed by atoms with van der Waals surface area (Å²) in [7, 11) is -3.67. The van der Waals surface area contributed by atoms with E-state index in [1.807, 2.05) is 0 Å². The number of aromatic nitrogens is 1. The minimum Gasteiger partial charge on any atom is -0.379 e. The lowest BCUT2D eigenvalue weighted by atomic mass is 10.2. The number of carbonyl (C=O) groups is 1. The third-order valence-corrected chi connectivity index (χ3v) is 6.72. The summed E-state index contributed by atoms with van der Waals surface area (Å²) in [6.07, 6.45) is 1.52. The molecule has 0 bridgehead atoms. The van der Waals surface area contributed by atoms with Gasteiger partial charge in [0.25, 0.3) is 5.56 Å². The van der Waals surface area contributed by atoms with Crippen LogP contribution in [0.25, 0.3) is 0 Å². The molecule has 150 valence electrons. The first-order valence-electron chi connectivity index (χ1n) is 8.62. The van der Waals surface area contributed by atoms with Crippen LogP contribution >= 0.6 is 15.9 Å². The summed E-state index contributed by atoms with van der Waals surface area (Å²) in [4.78, 5) is 24.4. The summed E-state index contributed by atoms with van der Waals surface area (Å²) in [5.74, 6) is -0.427. The van der Waals surface area contributed by atoms with E-state index in [-0.39, 0.29) is 17.0 Å². The molecule has 1 aliphatic heterocycles. The van der Waals surface area contributed by atoms with Crippen molar-refractivity contribution in [2.45, 2.75) is 18.4 Å². The maximum atomic E-state index is 12.8. The predicted molar refractivity (Wildman–Crippen MR) is 108 cm³/mol. The molecule has 8 nitrogen and oxygen atoms in total. The highest BCUT2D eigenvalue weighted by molar-refractivity contribution is 9.10. The van der Waals surface area contributed by atoms with E-state index in [1.54, 1.807) is 19.1 Å². The fourth-order valence-corrected chi connectivity index (χ4v) is 4.62. The number of nitrogens with one attached hydrogen (secondary N) is 1. The van der Waals surface area contributed by atoms with Crippen LogP contribution in [-0.4, -0.2) is 49.5 Å². The molecule has 1 aromatic heterocycles. The van der Waals surface area contributed by atoms with E-state index < -0.39 is 15.9 Å². The van der Waals surface area contributed by atoms with Crippen molar-refractivity contribution in [3.05, 3.63) is 56.9 Å². The van der Waals surface area contributed by atoms with Crippen molar-refractivity contribution in [2.75, 3.05) is 31.6 Å². The Kier molecular flexibility index (Phi) is 6.33. The maximum absolute atomic E-state index is 12.8. The third kappa shape index (κ3) is 4.69. The Balaban J connectivity index is 1.80.